The normalized spacial score (nSPS) is 15.3. The monoisotopic (exact) mass is 468 g/mol. The van der Waals surface area contributed by atoms with E-state index in [4.69, 9.17) is 4.74 Å². The Bertz CT molecular complexity index is 1360. The van der Waals surface area contributed by atoms with Gasteiger partial charge < -0.3 is 20.4 Å². The minimum Gasteiger partial charge on any atom is -0.489 e. The smallest absolute Gasteiger partial charge is 0.325 e. The standard InChI is InChI=1S/C27H24N4O4/c32-25(29-20-10-12-21(13-11-20)35-17-18-6-2-1-3-7-18)16-31-26(33)24(30-27(31)34)14-19-15-28-23-9-5-4-8-22(19)23/h1-13,15,24,28H,14,16-17H2,(H,29,32)(H,30,34)/t24-/m0/s1. The van der Waals surface area contributed by atoms with E-state index >= 15 is 0 Å². The molecule has 3 N–H and O–H groups in total. The van der Waals surface area contributed by atoms with Crippen LogP contribution in [0.3, 0.4) is 0 Å². The number of nitrogens with one attached hydrogen (secondary N) is 3. The maximum absolute atomic E-state index is 12.8. The van der Waals surface area contributed by atoms with Gasteiger partial charge in [0.25, 0.3) is 5.91 Å². The summed E-state index contributed by atoms with van der Waals surface area (Å²) in [6.07, 6.45) is 2.18. The SMILES string of the molecule is O=C(CN1C(=O)N[C@@H](Cc2c[nH]c3ccccc23)C1=O)Nc1ccc(OCc2ccccc2)cc1. The first-order valence-electron chi connectivity index (χ1n) is 11.3. The Hall–Kier alpha value is -4.59. The summed E-state index contributed by atoms with van der Waals surface area (Å²) in [5.74, 6) is -0.208. The largest absolute Gasteiger partial charge is 0.489 e. The molecule has 8 heteroatoms. The van der Waals surface area contributed by atoms with Crippen molar-refractivity contribution in [1.29, 1.82) is 0 Å². The molecule has 0 radical (unpaired) electrons. The van der Waals surface area contributed by atoms with E-state index in [1.807, 2.05) is 60.8 Å². The van der Waals surface area contributed by atoms with Crippen molar-refractivity contribution < 1.29 is 19.1 Å². The second-order valence-corrected chi connectivity index (χ2v) is 8.34. The zero-order chi connectivity index (χ0) is 24.2. The number of para-hydroxylation sites is 1. The lowest BCUT2D eigenvalue weighted by atomic mass is 10.1. The lowest BCUT2D eigenvalue weighted by molar-refractivity contribution is -0.130. The molecule has 2 heterocycles. The predicted octanol–water partition coefficient (Wildman–Crippen LogP) is 3.85. The van der Waals surface area contributed by atoms with Gasteiger partial charge in [0.15, 0.2) is 0 Å². The zero-order valence-corrected chi connectivity index (χ0v) is 18.9. The number of imide groups is 1. The molecule has 35 heavy (non-hydrogen) atoms. The number of carbonyl (C=O) groups is 3. The number of anilines is 1. The molecule has 1 atom stereocenters. The van der Waals surface area contributed by atoms with Crippen molar-refractivity contribution in [1.82, 2.24) is 15.2 Å². The quantitative estimate of drug-likeness (QED) is 0.342. The number of benzene rings is 3. The highest BCUT2D eigenvalue weighted by Crippen LogP contribution is 2.21. The first kappa shape index (κ1) is 22.2. The van der Waals surface area contributed by atoms with E-state index in [-0.39, 0.29) is 6.54 Å². The molecule has 0 bridgehead atoms. The molecule has 3 aromatic carbocycles. The van der Waals surface area contributed by atoms with Crippen LogP contribution in [0.2, 0.25) is 0 Å². The molecule has 4 amide bonds. The van der Waals surface area contributed by atoms with Gasteiger partial charge in [0.2, 0.25) is 5.91 Å². The van der Waals surface area contributed by atoms with Crippen LogP contribution in [0, 0.1) is 0 Å². The van der Waals surface area contributed by atoms with Gasteiger partial charge in [-0.05, 0) is 41.5 Å². The minimum atomic E-state index is -0.712. The second-order valence-electron chi connectivity index (χ2n) is 8.34. The van der Waals surface area contributed by atoms with Gasteiger partial charge in [0.1, 0.15) is 24.9 Å². The highest BCUT2D eigenvalue weighted by Gasteiger charge is 2.39. The minimum absolute atomic E-state index is 0.344. The van der Waals surface area contributed by atoms with Gasteiger partial charge in [-0.3, -0.25) is 14.5 Å². The van der Waals surface area contributed by atoms with Gasteiger partial charge in [-0.2, -0.15) is 0 Å². The van der Waals surface area contributed by atoms with Crippen molar-refractivity contribution in [2.45, 2.75) is 19.1 Å². The van der Waals surface area contributed by atoms with Crippen molar-refractivity contribution in [3.05, 3.63) is 96.2 Å². The molecule has 4 aromatic rings. The summed E-state index contributed by atoms with van der Waals surface area (Å²) in [5.41, 5.74) is 3.50. The maximum atomic E-state index is 12.8. The fourth-order valence-corrected chi connectivity index (χ4v) is 4.10. The van der Waals surface area contributed by atoms with E-state index in [9.17, 15) is 14.4 Å². The van der Waals surface area contributed by atoms with Gasteiger partial charge in [0, 0.05) is 29.2 Å². The average molecular weight is 469 g/mol. The number of aromatic amines is 1. The Labute approximate surface area is 201 Å². The molecule has 0 aliphatic carbocycles. The van der Waals surface area contributed by atoms with Crippen molar-refractivity contribution in [2.24, 2.45) is 0 Å². The molecule has 1 aliphatic heterocycles. The summed E-state index contributed by atoms with van der Waals surface area (Å²) < 4.78 is 5.75. The number of hydrogen-bond donors (Lipinski definition) is 3. The number of ether oxygens (including phenoxy) is 1. The molecule has 0 saturated carbocycles. The van der Waals surface area contributed by atoms with E-state index in [0.717, 1.165) is 26.9 Å². The van der Waals surface area contributed by atoms with Gasteiger partial charge >= 0.3 is 6.03 Å². The van der Waals surface area contributed by atoms with Crippen LogP contribution in [0.15, 0.2) is 85.1 Å². The predicted molar refractivity (Wildman–Crippen MR) is 132 cm³/mol. The van der Waals surface area contributed by atoms with Gasteiger partial charge in [-0.1, -0.05) is 48.5 Å². The number of H-pyrrole nitrogens is 1. The molecule has 1 aromatic heterocycles. The Kier molecular flexibility index (Phi) is 6.17. The van der Waals surface area contributed by atoms with E-state index in [1.165, 1.54) is 0 Å². The maximum Gasteiger partial charge on any atom is 0.325 e. The van der Waals surface area contributed by atoms with Crippen molar-refractivity contribution in [3.63, 3.8) is 0 Å². The molecular weight excluding hydrogens is 444 g/mol. The molecular formula is C27H24N4O4. The summed E-state index contributed by atoms with van der Waals surface area (Å²) in [4.78, 5) is 41.9. The summed E-state index contributed by atoms with van der Waals surface area (Å²) in [5, 5.41) is 6.41. The summed E-state index contributed by atoms with van der Waals surface area (Å²) in [6.45, 7) is 0.0831. The Morgan fingerprint density at radius 3 is 2.49 bits per heavy atom. The molecule has 176 valence electrons. The third-order valence-electron chi connectivity index (χ3n) is 5.89. The highest BCUT2D eigenvalue weighted by atomic mass is 16.5. The summed E-state index contributed by atoms with van der Waals surface area (Å²) >= 11 is 0. The van der Waals surface area contributed by atoms with Crippen LogP contribution >= 0.6 is 0 Å². The molecule has 5 rings (SSSR count). The van der Waals surface area contributed by atoms with Crippen LogP contribution in [-0.4, -0.2) is 40.3 Å². The van der Waals surface area contributed by atoms with Crippen LogP contribution in [0.25, 0.3) is 10.9 Å². The Morgan fingerprint density at radius 1 is 0.943 bits per heavy atom. The Balaban J connectivity index is 1.15. The molecule has 1 fully saturated rings. The molecule has 1 aliphatic rings. The number of fused-ring (bicyclic) bond motifs is 1. The summed E-state index contributed by atoms with van der Waals surface area (Å²) in [6, 6.07) is 23.2. The number of rotatable bonds is 8. The van der Waals surface area contributed by atoms with Crippen molar-refractivity contribution in [2.75, 3.05) is 11.9 Å². The van der Waals surface area contributed by atoms with Crippen molar-refractivity contribution >= 4 is 34.4 Å². The summed E-state index contributed by atoms with van der Waals surface area (Å²) in [7, 11) is 0. The van der Waals surface area contributed by atoms with Gasteiger partial charge in [-0.25, -0.2) is 4.79 Å². The van der Waals surface area contributed by atoms with E-state index in [2.05, 4.69) is 15.6 Å². The van der Waals surface area contributed by atoms with Crippen LogP contribution in [0.5, 0.6) is 5.75 Å². The van der Waals surface area contributed by atoms with E-state index < -0.39 is 23.9 Å². The number of aromatic nitrogens is 1. The Morgan fingerprint density at radius 2 is 1.69 bits per heavy atom. The molecule has 8 nitrogen and oxygen atoms in total. The third kappa shape index (κ3) is 5.01. The fourth-order valence-electron chi connectivity index (χ4n) is 4.10. The number of urea groups is 1. The lowest BCUT2D eigenvalue weighted by Crippen LogP contribution is -2.38. The topological polar surface area (TPSA) is 104 Å². The van der Waals surface area contributed by atoms with E-state index in [0.29, 0.717) is 24.5 Å². The number of hydrogen-bond acceptors (Lipinski definition) is 4. The first-order valence-corrected chi connectivity index (χ1v) is 11.3. The highest BCUT2D eigenvalue weighted by molar-refractivity contribution is 6.08. The van der Waals surface area contributed by atoms with Crippen LogP contribution in [-0.2, 0) is 22.6 Å². The van der Waals surface area contributed by atoms with Crippen LogP contribution in [0.1, 0.15) is 11.1 Å². The second kappa shape index (κ2) is 9.72. The average Bonchev–Trinajstić information content (AvgIpc) is 3.40. The third-order valence-corrected chi connectivity index (χ3v) is 5.89. The number of amides is 4. The lowest BCUT2D eigenvalue weighted by Gasteiger charge is -2.13. The number of nitrogens with zero attached hydrogens (tertiary/aromatic N) is 1. The molecule has 0 unspecified atom stereocenters. The van der Waals surface area contributed by atoms with Gasteiger partial charge in [0.05, 0.1) is 0 Å². The van der Waals surface area contributed by atoms with Gasteiger partial charge in [-0.15, -0.1) is 0 Å². The number of carbonyl (C=O) groups excluding carboxylic acids is 3. The van der Waals surface area contributed by atoms with E-state index in [1.54, 1.807) is 24.3 Å². The van der Waals surface area contributed by atoms with Crippen LogP contribution in [0.4, 0.5) is 10.5 Å². The molecule has 1 saturated heterocycles. The fraction of sp³-hybridized carbons (Fsp3) is 0.148. The van der Waals surface area contributed by atoms with Crippen molar-refractivity contribution in [3.8, 4) is 5.75 Å². The van der Waals surface area contributed by atoms with Crippen LogP contribution < -0.4 is 15.4 Å². The zero-order valence-electron chi connectivity index (χ0n) is 18.9. The first-order chi connectivity index (χ1) is 17.1. The molecule has 0 spiro atoms.